The standard InChI is InChI=1S/C26H24N4O5S/c1-4-7-18-14-20(31)30-21(23(32)29-19-9-6-5-8-15(19)2)22(36-26(30)28-18)24(33)27-17-12-10-16(11-13-17)25(34)35-3/h5-6,8-14H,4,7H2,1-3H3,(H,27,33)(H,29,32). The third kappa shape index (κ3) is 5.03. The number of benzene rings is 2. The number of carbonyl (C=O) groups is 3. The first-order chi connectivity index (χ1) is 17.3. The van der Waals surface area contributed by atoms with Crippen molar-refractivity contribution in [2.24, 2.45) is 0 Å². The van der Waals surface area contributed by atoms with E-state index in [4.69, 9.17) is 0 Å². The van der Waals surface area contributed by atoms with Crippen LogP contribution in [0.5, 0.6) is 0 Å². The number of amides is 2. The first-order valence-corrected chi connectivity index (χ1v) is 12.1. The fourth-order valence-corrected chi connectivity index (χ4v) is 4.70. The lowest BCUT2D eigenvalue weighted by atomic mass is 10.2. The van der Waals surface area contributed by atoms with Crippen molar-refractivity contribution in [3.05, 3.63) is 92.3 Å². The lowest BCUT2D eigenvalue weighted by Crippen LogP contribution is -2.25. The summed E-state index contributed by atoms with van der Waals surface area (Å²) in [5, 5.41) is 5.54. The number of nitrogens with one attached hydrogen (secondary N) is 2. The molecule has 2 amide bonds. The van der Waals surface area contributed by atoms with Gasteiger partial charge in [0.2, 0.25) is 0 Å². The smallest absolute Gasteiger partial charge is 0.337 e. The minimum atomic E-state index is -0.603. The molecule has 2 aromatic carbocycles. The van der Waals surface area contributed by atoms with Crippen molar-refractivity contribution in [3.63, 3.8) is 0 Å². The highest BCUT2D eigenvalue weighted by molar-refractivity contribution is 7.19. The summed E-state index contributed by atoms with van der Waals surface area (Å²) < 4.78 is 5.86. The van der Waals surface area contributed by atoms with Crippen molar-refractivity contribution >= 4 is 45.5 Å². The molecule has 2 aromatic heterocycles. The zero-order chi connectivity index (χ0) is 25.8. The van der Waals surface area contributed by atoms with Gasteiger partial charge in [0.25, 0.3) is 17.4 Å². The third-order valence-electron chi connectivity index (χ3n) is 5.46. The molecule has 0 saturated heterocycles. The van der Waals surface area contributed by atoms with Gasteiger partial charge in [-0.3, -0.25) is 14.4 Å². The molecule has 0 spiro atoms. The second kappa shape index (κ2) is 10.5. The van der Waals surface area contributed by atoms with E-state index in [-0.39, 0.29) is 15.5 Å². The SMILES string of the molecule is CCCc1cc(=O)n2c(C(=O)Nc3ccccc3C)c(C(=O)Nc3ccc(C(=O)OC)cc3)sc2n1. The summed E-state index contributed by atoms with van der Waals surface area (Å²) in [6.07, 6.45) is 1.39. The van der Waals surface area contributed by atoms with Crippen molar-refractivity contribution in [1.29, 1.82) is 0 Å². The fraction of sp³-hybridized carbons (Fsp3) is 0.192. The van der Waals surface area contributed by atoms with Gasteiger partial charge in [-0.15, -0.1) is 0 Å². The van der Waals surface area contributed by atoms with Crippen LogP contribution in [0.2, 0.25) is 0 Å². The van der Waals surface area contributed by atoms with Gasteiger partial charge in [-0.2, -0.15) is 0 Å². The van der Waals surface area contributed by atoms with Gasteiger partial charge in [-0.05, 0) is 49.2 Å². The molecule has 0 fully saturated rings. The highest BCUT2D eigenvalue weighted by atomic mass is 32.1. The maximum atomic E-state index is 13.4. The van der Waals surface area contributed by atoms with Crippen LogP contribution in [0.4, 0.5) is 11.4 Å². The molecule has 0 atom stereocenters. The van der Waals surface area contributed by atoms with Crippen molar-refractivity contribution in [1.82, 2.24) is 9.38 Å². The van der Waals surface area contributed by atoms with Gasteiger partial charge >= 0.3 is 5.97 Å². The lowest BCUT2D eigenvalue weighted by molar-refractivity contribution is 0.0600. The Labute approximate surface area is 210 Å². The van der Waals surface area contributed by atoms with Crippen LogP contribution >= 0.6 is 11.3 Å². The molecule has 10 heteroatoms. The normalized spacial score (nSPS) is 10.8. The molecule has 2 N–H and O–H groups in total. The van der Waals surface area contributed by atoms with E-state index in [1.54, 1.807) is 24.3 Å². The van der Waals surface area contributed by atoms with Crippen molar-refractivity contribution in [2.75, 3.05) is 17.7 Å². The van der Waals surface area contributed by atoms with Crippen LogP contribution < -0.4 is 16.2 Å². The maximum Gasteiger partial charge on any atom is 0.337 e. The zero-order valence-corrected chi connectivity index (χ0v) is 20.8. The summed E-state index contributed by atoms with van der Waals surface area (Å²) in [5.41, 5.74) is 2.20. The van der Waals surface area contributed by atoms with Crippen LogP contribution in [0.1, 0.15) is 55.1 Å². The van der Waals surface area contributed by atoms with Crippen molar-refractivity contribution in [2.45, 2.75) is 26.7 Å². The maximum absolute atomic E-state index is 13.4. The summed E-state index contributed by atoms with van der Waals surface area (Å²) in [6.45, 7) is 3.82. The number of hydrogen-bond donors (Lipinski definition) is 2. The van der Waals surface area contributed by atoms with Gasteiger partial charge in [-0.25, -0.2) is 14.2 Å². The Balaban J connectivity index is 1.76. The van der Waals surface area contributed by atoms with E-state index in [0.29, 0.717) is 29.1 Å². The van der Waals surface area contributed by atoms with Gasteiger partial charge < -0.3 is 15.4 Å². The number of rotatable bonds is 7. The van der Waals surface area contributed by atoms with Crippen LogP contribution in [-0.2, 0) is 11.2 Å². The number of carbonyl (C=O) groups excluding carboxylic acids is 3. The van der Waals surface area contributed by atoms with Gasteiger partial charge in [-0.1, -0.05) is 42.9 Å². The largest absolute Gasteiger partial charge is 0.465 e. The van der Waals surface area contributed by atoms with Crippen LogP contribution in [0.25, 0.3) is 4.96 Å². The molecule has 4 rings (SSSR count). The summed E-state index contributed by atoms with van der Waals surface area (Å²) in [7, 11) is 1.28. The quantitative estimate of drug-likeness (QED) is 0.362. The number of aryl methyl sites for hydroxylation is 2. The molecule has 0 radical (unpaired) electrons. The fourth-order valence-electron chi connectivity index (χ4n) is 3.65. The number of nitrogens with zero attached hydrogens (tertiary/aromatic N) is 2. The molecule has 9 nitrogen and oxygen atoms in total. The molecule has 184 valence electrons. The number of methoxy groups -OCH3 is 1. The summed E-state index contributed by atoms with van der Waals surface area (Å²) >= 11 is 0.965. The van der Waals surface area contributed by atoms with Gasteiger partial charge in [0.1, 0.15) is 10.6 Å². The molecule has 2 heterocycles. The van der Waals surface area contributed by atoms with Crippen LogP contribution in [-0.4, -0.2) is 34.3 Å². The summed E-state index contributed by atoms with van der Waals surface area (Å²) in [5.74, 6) is -1.68. The number of fused-ring (bicyclic) bond motifs is 1. The summed E-state index contributed by atoms with van der Waals surface area (Å²) in [6, 6.07) is 14.7. The Kier molecular flexibility index (Phi) is 7.25. The van der Waals surface area contributed by atoms with Gasteiger partial charge in [0.05, 0.1) is 12.7 Å². The molecule has 0 saturated carbocycles. The second-order valence-corrected chi connectivity index (χ2v) is 9.00. The van der Waals surface area contributed by atoms with E-state index in [2.05, 4.69) is 20.4 Å². The minimum absolute atomic E-state index is 0.0383. The monoisotopic (exact) mass is 504 g/mol. The number of para-hydroxylation sites is 1. The number of aromatic nitrogens is 2. The molecular weight excluding hydrogens is 480 g/mol. The Morgan fingerprint density at radius 2 is 1.75 bits per heavy atom. The van der Waals surface area contributed by atoms with E-state index < -0.39 is 23.3 Å². The molecule has 36 heavy (non-hydrogen) atoms. The molecule has 0 aliphatic rings. The third-order valence-corrected chi connectivity index (χ3v) is 6.50. The van der Waals surface area contributed by atoms with Crippen molar-refractivity contribution < 1.29 is 19.1 Å². The molecule has 4 aromatic rings. The number of thiazole rings is 1. The number of ether oxygens (including phenoxy) is 1. The molecule has 0 unspecified atom stereocenters. The van der Waals surface area contributed by atoms with Gasteiger partial charge in [0.15, 0.2) is 4.96 Å². The molecule has 0 aliphatic heterocycles. The minimum Gasteiger partial charge on any atom is -0.465 e. The van der Waals surface area contributed by atoms with E-state index in [9.17, 15) is 19.2 Å². The van der Waals surface area contributed by atoms with Gasteiger partial charge in [0, 0.05) is 23.1 Å². The van der Waals surface area contributed by atoms with Crippen LogP contribution in [0.3, 0.4) is 0 Å². The highest BCUT2D eigenvalue weighted by Crippen LogP contribution is 2.25. The highest BCUT2D eigenvalue weighted by Gasteiger charge is 2.27. The number of esters is 1. The molecule has 0 aliphatic carbocycles. The number of hydrogen-bond acceptors (Lipinski definition) is 7. The first kappa shape index (κ1) is 24.8. The van der Waals surface area contributed by atoms with Crippen molar-refractivity contribution in [3.8, 4) is 0 Å². The Hall–Kier alpha value is -4.31. The van der Waals surface area contributed by atoms with E-state index in [1.165, 1.54) is 29.7 Å². The number of anilines is 2. The predicted molar refractivity (Wildman–Crippen MR) is 138 cm³/mol. The van der Waals surface area contributed by atoms with E-state index in [1.807, 2.05) is 26.0 Å². The Bertz CT molecular complexity index is 1520. The Morgan fingerprint density at radius 3 is 2.42 bits per heavy atom. The topological polar surface area (TPSA) is 119 Å². The predicted octanol–water partition coefficient (Wildman–Crippen LogP) is 4.31. The molecular formula is C26H24N4O5S. The summed E-state index contributed by atoms with van der Waals surface area (Å²) in [4.78, 5) is 56.2. The lowest BCUT2D eigenvalue weighted by Gasteiger charge is -2.10. The van der Waals surface area contributed by atoms with E-state index >= 15 is 0 Å². The van der Waals surface area contributed by atoms with Crippen LogP contribution in [0.15, 0.2) is 59.4 Å². The molecule has 0 bridgehead atoms. The zero-order valence-electron chi connectivity index (χ0n) is 20.0. The first-order valence-electron chi connectivity index (χ1n) is 11.2. The van der Waals surface area contributed by atoms with E-state index in [0.717, 1.165) is 23.3 Å². The average Bonchev–Trinajstić information content (AvgIpc) is 3.26. The average molecular weight is 505 g/mol. The van der Waals surface area contributed by atoms with Crippen LogP contribution in [0, 0.1) is 6.92 Å². The Morgan fingerprint density at radius 1 is 1.03 bits per heavy atom. The second-order valence-electron chi connectivity index (χ2n) is 8.03.